The Labute approximate surface area is 213 Å². The van der Waals surface area contributed by atoms with E-state index in [1.165, 1.54) is 18.2 Å². The fraction of sp³-hybridized carbons (Fsp3) is 0.259. The van der Waals surface area contributed by atoms with E-state index in [1.54, 1.807) is 26.4 Å². The van der Waals surface area contributed by atoms with Crippen LogP contribution in [0.3, 0.4) is 0 Å². The lowest BCUT2D eigenvalue weighted by atomic mass is 9.77. The number of fused-ring (bicyclic) bond motifs is 3. The maximum absolute atomic E-state index is 13.1. The predicted molar refractivity (Wildman–Crippen MR) is 135 cm³/mol. The summed E-state index contributed by atoms with van der Waals surface area (Å²) in [5, 5.41) is 3.55. The molecule has 6 nitrogen and oxygen atoms in total. The number of alkyl halides is 3. The molecule has 0 bridgehead atoms. The topological polar surface area (TPSA) is 76.7 Å². The molecule has 0 saturated carbocycles. The molecule has 1 aliphatic heterocycles. The van der Waals surface area contributed by atoms with Crippen LogP contribution in [0, 0.1) is 5.92 Å². The molecule has 37 heavy (non-hydrogen) atoms. The smallest absolute Gasteiger partial charge is 0.416 e. The van der Waals surface area contributed by atoms with Gasteiger partial charge in [0.1, 0.15) is 11.5 Å². The number of anilines is 2. The molecule has 1 aliphatic carbocycles. The largest absolute Gasteiger partial charge is 0.497 e. The number of benzene rings is 3. The predicted octanol–water partition coefficient (Wildman–Crippen LogP) is 6.35. The second kappa shape index (κ2) is 9.33. The molecule has 0 aromatic heterocycles. The average molecular weight is 531 g/mol. The zero-order valence-corrected chi connectivity index (χ0v) is 20.9. The standard InChI is InChI=1S/C27H25F3N2O4S/c1-35-18-9-12-25(36-2)23(14-18)26-21-8-4-7-20(21)22-15-19(10-11-24(22)31-26)37(33,34)32-17-6-3-5-16(13-17)27(28,29)30/h3-7,9-15,20-21,26,31-32H,8H2,1-2H3/t20-,21+,26-/m0/s1. The van der Waals surface area contributed by atoms with Crippen molar-refractivity contribution in [3.05, 3.63) is 89.5 Å². The van der Waals surface area contributed by atoms with Crippen molar-refractivity contribution in [1.29, 1.82) is 0 Å². The first-order valence-corrected chi connectivity index (χ1v) is 13.1. The summed E-state index contributed by atoms with van der Waals surface area (Å²) in [4.78, 5) is -0.0260. The minimum Gasteiger partial charge on any atom is -0.497 e. The van der Waals surface area contributed by atoms with Gasteiger partial charge in [-0.1, -0.05) is 18.2 Å². The van der Waals surface area contributed by atoms with Crippen molar-refractivity contribution in [2.24, 2.45) is 5.92 Å². The fourth-order valence-corrected chi connectivity index (χ4v) is 6.19. The van der Waals surface area contributed by atoms with Crippen molar-refractivity contribution < 1.29 is 31.1 Å². The number of hydrogen-bond acceptors (Lipinski definition) is 5. The van der Waals surface area contributed by atoms with Gasteiger partial charge in [0.2, 0.25) is 0 Å². The lowest BCUT2D eigenvalue weighted by Gasteiger charge is -2.38. The zero-order valence-electron chi connectivity index (χ0n) is 20.0. The molecule has 2 N–H and O–H groups in total. The van der Waals surface area contributed by atoms with Gasteiger partial charge in [0, 0.05) is 22.9 Å². The molecule has 5 rings (SSSR count). The molecule has 0 amide bonds. The van der Waals surface area contributed by atoms with E-state index in [0.29, 0.717) is 5.75 Å². The van der Waals surface area contributed by atoms with Crippen molar-refractivity contribution in [2.45, 2.75) is 29.5 Å². The van der Waals surface area contributed by atoms with Crippen molar-refractivity contribution in [3.8, 4) is 11.5 Å². The van der Waals surface area contributed by atoms with Gasteiger partial charge in [0.15, 0.2) is 0 Å². The highest BCUT2D eigenvalue weighted by atomic mass is 32.2. The maximum Gasteiger partial charge on any atom is 0.416 e. The Morgan fingerprint density at radius 2 is 1.78 bits per heavy atom. The lowest BCUT2D eigenvalue weighted by Crippen LogP contribution is -2.29. The number of nitrogens with one attached hydrogen (secondary N) is 2. The van der Waals surface area contributed by atoms with Gasteiger partial charge in [-0.25, -0.2) is 8.42 Å². The van der Waals surface area contributed by atoms with Gasteiger partial charge in [-0.05, 0) is 72.5 Å². The van der Waals surface area contributed by atoms with Gasteiger partial charge in [0.05, 0.1) is 30.7 Å². The van der Waals surface area contributed by atoms with E-state index < -0.39 is 21.8 Å². The Bertz CT molecular complexity index is 1470. The molecule has 2 aliphatic rings. The first kappa shape index (κ1) is 25.0. The maximum atomic E-state index is 13.1. The van der Waals surface area contributed by atoms with Crippen LogP contribution in [0.15, 0.2) is 77.7 Å². The van der Waals surface area contributed by atoms with Gasteiger partial charge < -0.3 is 14.8 Å². The molecule has 0 unspecified atom stereocenters. The molecule has 194 valence electrons. The highest BCUT2D eigenvalue weighted by molar-refractivity contribution is 7.92. The molecule has 0 radical (unpaired) electrons. The van der Waals surface area contributed by atoms with Crippen molar-refractivity contribution in [1.82, 2.24) is 0 Å². The number of sulfonamides is 1. The normalized spacial score (nSPS) is 20.5. The summed E-state index contributed by atoms with van der Waals surface area (Å²) in [6, 6.07) is 14.4. The van der Waals surface area contributed by atoms with E-state index in [4.69, 9.17) is 9.47 Å². The second-order valence-corrected chi connectivity index (χ2v) is 10.7. The first-order valence-electron chi connectivity index (χ1n) is 11.6. The number of hydrogen-bond donors (Lipinski definition) is 2. The van der Waals surface area contributed by atoms with E-state index in [-0.39, 0.29) is 28.5 Å². The van der Waals surface area contributed by atoms with Crippen LogP contribution < -0.4 is 19.5 Å². The van der Waals surface area contributed by atoms with Crippen LogP contribution in [0.4, 0.5) is 24.5 Å². The zero-order chi connectivity index (χ0) is 26.4. The van der Waals surface area contributed by atoms with Crippen LogP contribution in [-0.2, 0) is 16.2 Å². The third kappa shape index (κ3) is 4.73. The molecule has 10 heteroatoms. The minimum atomic E-state index is -4.58. The van der Waals surface area contributed by atoms with Crippen LogP contribution in [0.25, 0.3) is 0 Å². The summed E-state index contributed by atoms with van der Waals surface area (Å²) in [7, 11) is -0.915. The SMILES string of the molecule is COc1ccc(OC)c([C@H]2Nc3ccc(S(=O)(=O)Nc4cccc(C(F)(F)F)c4)cc3[C@H]3C=CC[C@H]32)c1. The summed E-state index contributed by atoms with van der Waals surface area (Å²) < 4.78 is 78.8. The van der Waals surface area contributed by atoms with Crippen molar-refractivity contribution in [2.75, 3.05) is 24.3 Å². The number of ether oxygens (including phenoxy) is 2. The average Bonchev–Trinajstić information content (AvgIpc) is 3.37. The number of halogens is 3. The Balaban J connectivity index is 1.48. The van der Waals surface area contributed by atoms with E-state index in [1.807, 2.05) is 18.2 Å². The summed E-state index contributed by atoms with van der Waals surface area (Å²) in [6.45, 7) is 0. The lowest BCUT2D eigenvalue weighted by molar-refractivity contribution is -0.137. The third-order valence-corrected chi connectivity index (χ3v) is 8.24. The van der Waals surface area contributed by atoms with Crippen LogP contribution in [0.2, 0.25) is 0 Å². The van der Waals surface area contributed by atoms with E-state index in [2.05, 4.69) is 22.2 Å². The molecule has 0 fully saturated rings. The number of rotatable bonds is 6. The molecular formula is C27H25F3N2O4S. The third-order valence-electron chi connectivity index (χ3n) is 6.86. The van der Waals surface area contributed by atoms with Crippen molar-refractivity contribution >= 4 is 21.4 Å². The highest BCUT2D eigenvalue weighted by Gasteiger charge is 2.40. The van der Waals surface area contributed by atoms with Gasteiger partial charge in [0.25, 0.3) is 10.0 Å². The Morgan fingerprint density at radius 1 is 0.973 bits per heavy atom. The first-order chi connectivity index (χ1) is 17.6. The van der Waals surface area contributed by atoms with Gasteiger partial charge in [-0.3, -0.25) is 4.72 Å². The summed E-state index contributed by atoms with van der Waals surface area (Å²) in [5.41, 5.74) is 1.44. The van der Waals surface area contributed by atoms with Crippen LogP contribution in [0.5, 0.6) is 11.5 Å². The molecule has 3 atom stereocenters. The van der Waals surface area contributed by atoms with Crippen LogP contribution in [-0.4, -0.2) is 22.6 Å². The quantitative estimate of drug-likeness (QED) is 0.363. The summed E-state index contributed by atoms with van der Waals surface area (Å²) in [5.74, 6) is 1.47. The van der Waals surface area contributed by atoms with Gasteiger partial charge in [-0.15, -0.1) is 0 Å². The van der Waals surface area contributed by atoms with Crippen LogP contribution >= 0.6 is 0 Å². The monoisotopic (exact) mass is 530 g/mol. The molecule has 0 spiro atoms. The molecule has 3 aromatic carbocycles. The highest BCUT2D eigenvalue weighted by Crippen LogP contribution is 2.52. The van der Waals surface area contributed by atoms with E-state index >= 15 is 0 Å². The van der Waals surface area contributed by atoms with E-state index in [0.717, 1.165) is 41.1 Å². The fourth-order valence-electron chi connectivity index (χ4n) is 5.10. The summed E-state index contributed by atoms with van der Waals surface area (Å²) >= 11 is 0. The minimum absolute atomic E-state index is 0.0260. The molecule has 3 aromatic rings. The van der Waals surface area contributed by atoms with Crippen LogP contribution in [0.1, 0.15) is 35.1 Å². The molecule has 1 heterocycles. The summed E-state index contributed by atoms with van der Waals surface area (Å²) in [6.07, 6.45) is 0.348. The molecular weight excluding hydrogens is 505 g/mol. The molecule has 0 saturated heterocycles. The van der Waals surface area contributed by atoms with E-state index in [9.17, 15) is 21.6 Å². The Kier molecular flexibility index (Phi) is 6.31. The Morgan fingerprint density at radius 3 is 2.51 bits per heavy atom. The Hall–Kier alpha value is -3.66. The van der Waals surface area contributed by atoms with Gasteiger partial charge >= 0.3 is 6.18 Å². The number of allylic oxidation sites excluding steroid dienone is 2. The van der Waals surface area contributed by atoms with Gasteiger partial charge in [-0.2, -0.15) is 13.2 Å². The van der Waals surface area contributed by atoms with Crippen molar-refractivity contribution in [3.63, 3.8) is 0 Å². The number of methoxy groups -OCH3 is 2. The second-order valence-electron chi connectivity index (χ2n) is 9.02.